The molecule has 0 aliphatic rings. The molecule has 0 aliphatic heterocycles. The lowest BCUT2D eigenvalue weighted by atomic mass is 10.1. The number of nitrogens with zero attached hydrogens (tertiary/aromatic N) is 2. The molecular weight excluding hydrogens is 258 g/mol. The smallest absolute Gasteiger partial charge is 0.134 e. The first kappa shape index (κ1) is 12.3. The van der Waals surface area contributed by atoms with Gasteiger partial charge in [0, 0.05) is 5.39 Å². The van der Waals surface area contributed by atoms with Crippen LogP contribution in [-0.2, 0) is 6.42 Å². The molecule has 0 saturated heterocycles. The molecule has 1 aromatic carbocycles. The molecule has 5 heteroatoms. The summed E-state index contributed by atoms with van der Waals surface area (Å²) in [6.07, 6.45) is 0.832. The van der Waals surface area contributed by atoms with Crippen LogP contribution in [0.15, 0.2) is 28.7 Å². The molecule has 0 amide bonds. The maximum atomic E-state index is 6.28. The quantitative estimate of drug-likeness (QED) is 0.796. The van der Waals surface area contributed by atoms with Crippen molar-refractivity contribution in [1.29, 1.82) is 0 Å². The number of fused-ring (bicyclic) bond motifs is 1. The zero-order chi connectivity index (χ0) is 13.4. The van der Waals surface area contributed by atoms with Crippen LogP contribution < -0.4 is 5.73 Å². The average molecular weight is 273 g/mol. The Bertz CT molecular complexity index is 716. The summed E-state index contributed by atoms with van der Waals surface area (Å²) in [5.74, 6) is 0.765. The van der Waals surface area contributed by atoms with Gasteiger partial charge < -0.3 is 10.2 Å². The molecule has 1 atom stereocenters. The number of furan rings is 1. The predicted molar refractivity (Wildman–Crippen MR) is 76.3 cm³/mol. The van der Waals surface area contributed by atoms with Crippen LogP contribution in [0.3, 0.4) is 0 Å². The van der Waals surface area contributed by atoms with Crippen molar-refractivity contribution in [2.45, 2.75) is 26.3 Å². The molecule has 0 aliphatic carbocycles. The van der Waals surface area contributed by atoms with Crippen molar-refractivity contribution in [3.63, 3.8) is 0 Å². The summed E-state index contributed by atoms with van der Waals surface area (Å²) in [7, 11) is 0. The molecule has 19 heavy (non-hydrogen) atoms. The number of rotatable bonds is 3. The van der Waals surface area contributed by atoms with E-state index in [9.17, 15) is 0 Å². The third kappa shape index (κ3) is 2.15. The summed E-state index contributed by atoms with van der Waals surface area (Å²) in [5.41, 5.74) is 9.31. The van der Waals surface area contributed by atoms with E-state index >= 15 is 0 Å². The van der Waals surface area contributed by atoms with Gasteiger partial charge in [0.1, 0.15) is 17.4 Å². The molecule has 0 radical (unpaired) electrons. The predicted octanol–water partition coefficient (Wildman–Crippen LogP) is 3.20. The number of benzene rings is 1. The number of hydrogen-bond acceptors (Lipinski definition) is 5. The number of aryl methyl sites for hydroxylation is 2. The second-order valence-electron chi connectivity index (χ2n) is 4.61. The van der Waals surface area contributed by atoms with E-state index in [1.165, 1.54) is 17.1 Å². The molecule has 1 unspecified atom stereocenters. The molecule has 4 nitrogen and oxygen atoms in total. The topological polar surface area (TPSA) is 64.9 Å². The number of aromatic nitrogens is 2. The lowest BCUT2D eigenvalue weighted by Crippen LogP contribution is -2.11. The van der Waals surface area contributed by atoms with Crippen molar-refractivity contribution in [3.05, 3.63) is 46.2 Å². The van der Waals surface area contributed by atoms with Crippen molar-refractivity contribution in [2.75, 3.05) is 0 Å². The summed E-state index contributed by atoms with van der Waals surface area (Å²) >= 11 is 1.34. The van der Waals surface area contributed by atoms with E-state index in [1.54, 1.807) is 0 Å². The Balaban J connectivity index is 2.04. The van der Waals surface area contributed by atoms with Crippen molar-refractivity contribution >= 4 is 22.5 Å². The van der Waals surface area contributed by atoms with Crippen molar-refractivity contribution in [2.24, 2.45) is 5.73 Å². The van der Waals surface area contributed by atoms with Crippen molar-refractivity contribution in [3.8, 4) is 0 Å². The van der Waals surface area contributed by atoms with Crippen LogP contribution >= 0.6 is 11.5 Å². The van der Waals surface area contributed by atoms with E-state index in [0.717, 1.165) is 33.7 Å². The van der Waals surface area contributed by atoms with E-state index < -0.39 is 0 Å². The van der Waals surface area contributed by atoms with E-state index in [4.69, 9.17) is 10.2 Å². The standard InChI is InChI=1S/C14H15N3OS/c1-3-10-14(19-17-16-10)13(15)12-7-9-6-8(2)4-5-11(9)18-12/h4-7,13H,3,15H2,1-2H3. The first-order valence-corrected chi connectivity index (χ1v) is 7.03. The van der Waals surface area contributed by atoms with Gasteiger partial charge >= 0.3 is 0 Å². The van der Waals surface area contributed by atoms with Gasteiger partial charge in [-0.15, -0.1) is 5.10 Å². The first-order chi connectivity index (χ1) is 9.19. The van der Waals surface area contributed by atoms with Gasteiger partial charge in [0.05, 0.1) is 10.6 Å². The highest BCUT2D eigenvalue weighted by Crippen LogP contribution is 2.30. The highest BCUT2D eigenvalue weighted by atomic mass is 32.1. The van der Waals surface area contributed by atoms with Crippen LogP contribution in [0.2, 0.25) is 0 Å². The van der Waals surface area contributed by atoms with Crippen LogP contribution in [0.1, 0.15) is 34.9 Å². The molecule has 2 N–H and O–H groups in total. The van der Waals surface area contributed by atoms with Crippen molar-refractivity contribution < 1.29 is 4.42 Å². The fourth-order valence-corrected chi connectivity index (χ4v) is 2.91. The minimum Gasteiger partial charge on any atom is -0.459 e. The minimum absolute atomic E-state index is 0.289. The largest absolute Gasteiger partial charge is 0.459 e. The second-order valence-corrected chi connectivity index (χ2v) is 5.39. The summed E-state index contributed by atoms with van der Waals surface area (Å²) in [6.45, 7) is 4.11. The zero-order valence-corrected chi connectivity index (χ0v) is 11.7. The van der Waals surface area contributed by atoms with Gasteiger partial charge in [-0.3, -0.25) is 0 Å². The third-order valence-electron chi connectivity index (χ3n) is 3.20. The van der Waals surface area contributed by atoms with E-state index in [1.807, 2.05) is 18.2 Å². The SMILES string of the molecule is CCc1nnsc1C(N)c1cc2cc(C)ccc2o1. The maximum Gasteiger partial charge on any atom is 0.134 e. The van der Waals surface area contributed by atoms with Gasteiger partial charge in [0.15, 0.2) is 0 Å². The van der Waals surface area contributed by atoms with Gasteiger partial charge in [-0.2, -0.15) is 0 Å². The Hall–Kier alpha value is -1.72. The van der Waals surface area contributed by atoms with Gasteiger partial charge in [0.25, 0.3) is 0 Å². The fraction of sp³-hybridized carbons (Fsp3) is 0.286. The van der Waals surface area contributed by atoms with Crippen molar-refractivity contribution in [1.82, 2.24) is 9.59 Å². The van der Waals surface area contributed by atoms with E-state index in [0.29, 0.717) is 0 Å². The highest BCUT2D eigenvalue weighted by molar-refractivity contribution is 7.05. The van der Waals surface area contributed by atoms with E-state index in [2.05, 4.69) is 29.5 Å². The lowest BCUT2D eigenvalue weighted by molar-refractivity contribution is 0.526. The molecule has 0 spiro atoms. The van der Waals surface area contributed by atoms with Crippen LogP contribution in [-0.4, -0.2) is 9.59 Å². The summed E-state index contributed by atoms with van der Waals surface area (Å²) < 4.78 is 9.81. The normalized spacial score (nSPS) is 13.0. The minimum atomic E-state index is -0.289. The Morgan fingerprint density at radius 2 is 2.21 bits per heavy atom. The Labute approximate surface area is 115 Å². The summed E-state index contributed by atoms with van der Waals surface area (Å²) in [4.78, 5) is 0.985. The zero-order valence-electron chi connectivity index (χ0n) is 10.9. The highest BCUT2D eigenvalue weighted by Gasteiger charge is 2.20. The molecule has 3 rings (SSSR count). The molecule has 3 aromatic rings. The Morgan fingerprint density at radius 1 is 1.37 bits per heavy atom. The van der Waals surface area contributed by atoms with Crippen LogP contribution in [0, 0.1) is 6.92 Å². The monoisotopic (exact) mass is 273 g/mol. The molecule has 0 saturated carbocycles. The molecular formula is C14H15N3OS. The number of hydrogen-bond donors (Lipinski definition) is 1. The molecule has 2 heterocycles. The molecule has 98 valence electrons. The number of nitrogens with two attached hydrogens (primary N) is 1. The Morgan fingerprint density at radius 3 is 3.00 bits per heavy atom. The van der Waals surface area contributed by atoms with Gasteiger partial charge in [-0.25, -0.2) is 0 Å². The van der Waals surface area contributed by atoms with Gasteiger partial charge in [-0.1, -0.05) is 23.0 Å². The third-order valence-corrected chi connectivity index (χ3v) is 4.05. The second kappa shape index (κ2) is 4.75. The van der Waals surface area contributed by atoms with Gasteiger partial charge in [-0.05, 0) is 43.1 Å². The lowest BCUT2D eigenvalue weighted by Gasteiger charge is -2.06. The van der Waals surface area contributed by atoms with Crippen LogP contribution in [0.25, 0.3) is 11.0 Å². The summed E-state index contributed by atoms with van der Waals surface area (Å²) in [5, 5.41) is 5.18. The molecule has 0 bridgehead atoms. The van der Waals surface area contributed by atoms with Crippen LogP contribution in [0.4, 0.5) is 0 Å². The van der Waals surface area contributed by atoms with Crippen LogP contribution in [0.5, 0.6) is 0 Å². The van der Waals surface area contributed by atoms with E-state index in [-0.39, 0.29) is 6.04 Å². The average Bonchev–Trinajstić information content (AvgIpc) is 3.03. The Kier molecular flexibility index (Phi) is 3.08. The molecule has 2 aromatic heterocycles. The fourth-order valence-electron chi connectivity index (χ4n) is 2.16. The van der Waals surface area contributed by atoms with Gasteiger partial charge in [0.2, 0.25) is 0 Å². The molecule has 0 fully saturated rings. The first-order valence-electron chi connectivity index (χ1n) is 6.26. The maximum absolute atomic E-state index is 6.28. The summed E-state index contributed by atoms with van der Waals surface area (Å²) in [6, 6.07) is 7.83.